The highest BCUT2D eigenvalue weighted by molar-refractivity contribution is 7.18. The van der Waals surface area contributed by atoms with Crippen LogP contribution in [0.25, 0.3) is 5.13 Å². The Morgan fingerprint density at radius 3 is 2.36 bits per heavy atom. The Labute approximate surface area is 197 Å². The van der Waals surface area contributed by atoms with Gasteiger partial charge in [-0.3, -0.25) is 9.36 Å². The van der Waals surface area contributed by atoms with Gasteiger partial charge in [0.15, 0.2) is 11.7 Å². The maximum Gasteiger partial charge on any atom is 0.348 e. The molecule has 0 aliphatic heterocycles. The largest absolute Gasteiger partial charge is 0.465 e. The van der Waals surface area contributed by atoms with Crippen molar-refractivity contribution >= 4 is 51.5 Å². The fourth-order valence-electron chi connectivity index (χ4n) is 3.20. The fourth-order valence-corrected chi connectivity index (χ4v) is 5.08. The molecule has 0 bridgehead atoms. The standard InChI is InChI=1S/C21H21N3O7S2/c1-10-8-13(12(3)24(10)21-22-6-7-32-21)18(26)31-9-14(25)23-17-15(19(27)29-4)11(2)16(33-17)20(28)30-5/h6-8H,9H2,1-5H3,(H,23,25). The number of methoxy groups -OCH3 is 2. The molecule has 3 aromatic heterocycles. The molecule has 0 spiro atoms. The van der Waals surface area contributed by atoms with Gasteiger partial charge in [0.2, 0.25) is 0 Å². The van der Waals surface area contributed by atoms with E-state index in [9.17, 15) is 19.2 Å². The molecule has 0 atom stereocenters. The van der Waals surface area contributed by atoms with E-state index in [1.807, 2.05) is 16.9 Å². The summed E-state index contributed by atoms with van der Waals surface area (Å²) in [7, 11) is 2.40. The molecule has 0 saturated heterocycles. The summed E-state index contributed by atoms with van der Waals surface area (Å²) in [6, 6.07) is 1.66. The van der Waals surface area contributed by atoms with Crippen LogP contribution in [0.2, 0.25) is 0 Å². The highest BCUT2D eigenvalue weighted by atomic mass is 32.1. The Bertz CT molecular complexity index is 1230. The van der Waals surface area contributed by atoms with E-state index in [-0.39, 0.29) is 15.4 Å². The monoisotopic (exact) mass is 491 g/mol. The van der Waals surface area contributed by atoms with Gasteiger partial charge in [0.25, 0.3) is 5.91 Å². The van der Waals surface area contributed by atoms with Crippen molar-refractivity contribution in [2.24, 2.45) is 0 Å². The molecule has 1 N–H and O–H groups in total. The summed E-state index contributed by atoms with van der Waals surface area (Å²) in [5, 5.41) is 5.15. The molecule has 12 heteroatoms. The summed E-state index contributed by atoms with van der Waals surface area (Å²) in [6.07, 6.45) is 1.67. The minimum absolute atomic E-state index is 0.0366. The molecule has 0 radical (unpaired) electrons. The first-order valence-corrected chi connectivity index (χ1v) is 11.2. The second-order valence-corrected chi connectivity index (χ2v) is 8.70. The molecule has 0 saturated carbocycles. The van der Waals surface area contributed by atoms with E-state index in [1.165, 1.54) is 25.6 Å². The average molecular weight is 492 g/mol. The lowest BCUT2D eigenvalue weighted by Crippen LogP contribution is -2.22. The van der Waals surface area contributed by atoms with E-state index in [4.69, 9.17) is 14.2 Å². The van der Waals surface area contributed by atoms with Gasteiger partial charge in [-0.25, -0.2) is 19.4 Å². The number of carbonyl (C=O) groups is 4. The van der Waals surface area contributed by atoms with Gasteiger partial charge in [0.05, 0.1) is 25.3 Å². The predicted molar refractivity (Wildman–Crippen MR) is 122 cm³/mol. The maximum atomic E-state index is 12.6. The number of carbonyl (C=O) groups excluding carboxylic acids is 4. The van der Waals surface area contributed by atoms with Crippen LogP contribution in [-0.4, -0.2) is 54.2 Å². The topological polar surface area (TPSA) is 126 Å². The van der Waals surface area contributed by atoms with Crippen molar-refractivity contribution in [2.45, 2.75) is 20.8 Å². The number of nitrogens with one attached hydrogen (secondary N) is 1. The molecule has 33 heavy (non-hydrogen) atoms. The third-order valence-electron chi connectivity index (χ3n) is 4.76. The van der Waals surface area contributed by atoms with E-state index in [0.717, 1.165) is 17.0 Å². The second kappa shape index (κ2) is 9.96. The van der Waals surface area contributed by atoms with Gasteiger partial charge in [-0.15, -0.1) is 22.7 Å². The third kappa shape index (κ3) is 4.81. The SMILES string of the molecule is COC(=O)c1sc(NC(=O)COC(=O)c2cc(C)n(-c3nccs3)c2C)c(C(=O)OC)c1C. The number of nitrogens with zero attached hydrogens (tertiary/aromatic N) is 2. The summed E-state index contributed by atoms with van der Waals surface area (Å²) in [5.74, 6) is -2.72. The number of hydrogen-bond acceptors (Lipinski definition) is 10. The number of rotatable bonds is 7. The zero-order valence-corrected chi connectivity index (χ0v) is 20.1. The molecule has 3 aromatic rings. The molecule has 0 aliphatic carbocycles. The van der Waals surface area contributed by atoms with E-state index in [1.54, 1.807) is 26.1 Å². The van der Waals surface area contributed by atoms with Crippen LogP contribution in [0.3, 0.4) is 0 Å². The predicted octanol–water partition coefficient (Wildman–Crippen LogP) is 3.29. The third-order valence-corrected chi connectivity index (χ3v) is 6.70. The zero-order chi connectivity index (χ0) is 24.3. The van der Waals surface area contributed by atoms with Crippen LogP contribution in [0.5, 0.6) is 0 Å². The van der Waals surface area contributed by atoms with Crippen molar-refractivity contribution in [2.75, 3.05) is 26.1 Å². The lowest BCUT2D eigenvalue weighted by Gasteiger charge is -2.08. The van der Waals surface area contributed by atoms with Crippen LogP contribution in [0, 0.1) is 20.8 Å². The Kier molecular flexibility index (Phi) is 7.29. The number of hydrogen-bond donors (Lipinski definition) is 1. The molecular weight excluding hydrogens is 470 g/mol. The van der Waals surface area contributed by atoms with Crippen LogP contribution >= 0.6 is 22.7 Å². The number of aromatic nitrogens is 2. The molecule has 0 fully saturated rings. The van der Waals surface area contributed by atoms with Crippen molar-refractivity contribution in [3.05, 3.63) is 50.6 Å². The van der Waals surface area contributed by atoms with Crippen LogP contribution < -0.4 is 5.32 Å². The molecule has 0 unspecified atom stereocenters. The van der Waals surface area contributed by atoms with Gasteiger partial charge in [0.1, 0.15) is 9.88 Å². The number of aryl methyl sites for hydroxylation is 1. The lowest BCUT2D eigenvalue weighted by atomic mass is 10.1. The van der Waals surface area contributed by atoms with Crippen molar-refractivity contribution in [1.82, 2.24) is 9.55 Å². The number of esters is 3. The summed E-state index contributed by atoms with van der Waals surface area (Å²) < 4.78 is 16.5. The Hall–Kier alpha value is -3.51. The van der Waals surface area contributed by atoms with E-state index in [2.05, 4.69) is 10.3 Å². The molecule has 3 rings (SSSR count). The number of thiazole rings is 1. The van der Waals surface area contributed by atoms with Gasteiger partial charge in [-0.2, -0.15) is 0 Å². The quantitative estimate of drug-likeness (QED) is 0.394. The molecule has 174 valence electrons. The first-order valence-electron chi connectivity index (χ1n) is 9.55. The van der Waals surface area contributed by atoms with Gasteiger partial charge >= 0.3 is 17.9 Å². The number of amides is 1. The van der Waals surface area contributed by atoms with Gasteiger partial charge < -0.3 is 19.5 Å². The first kappa shape index (κ1) is 24.1. The normalized spacial score (nSPS) is 10.6. The summed E-state index contributed by atoms with van der Waals surface area (Å²) in [4.78, 5) is 53.6. The molecule has 1 amide bonds. The Balaban J connectivity index is 1.74. The van der Waals surface area contributed by atoms with E-state index >= 15 is 0 Å². The van der Waals surface area contributed by atoms with Crippen LogP contribution in [-0.2, 0) is 19.0 Å². The van der Waals surface area contributed by atoms with Crippen molar-refractivity contribution in [1.29, 1.82) is 0 Å². The van der Waals surface area contributed by atoms with Gasteiger partial charge in [-0.1, -0.05) is 0 Å². The van der Waals surface area contributed by atoms with Crippen molar-refractivity contribution in [3.63, 3.8) is 0 Å². The minimum Gasteiger partial charge on any atom is -0.465 e. The van der Waals surface area contributed by atoms with Crippen molar-refractivity contribution in [3.8, 4) is 5.13 Å². The highest BCUT2D eigenvalue weighted by Gasteiger charge is 2.27. The van der Waals surface area contributed by atoms with Crippen LogP contribution in [0.15, 0.2) is 17.6 Å². The average Bonchev–Trinajstić information content (AvgIpc) is 3.49. The first-order chi connectivity index (χ1) is 15.7. The molecule has 0 aromatic carbocycles. The van der Waals surface area contributed by atoms with Crippen LogP contribution in [0.1, 0.15) is 47.3 Å². The highest BCUT2D eigenvalue weighted by Crippen LogP contribution is 2.34. The summed E-state index contributed by atoms with van der Waals surface area (Å²) in [6.45, 7) is 4.55. The zero-order valence-electron chi connectivity index (χ0n) is 18.5. The summed E-state index contributed by atoms with van der Waals surface area (Å²) >= 11 is 2.30. The lowest BCUT2D eigenvalue weighted by molar-refractivity contribution is -0.119. The number of anilines is 1. The smallest absolute Gasteiger partial charge is 0.348 e. The Morgan fingerprint density at radius 2 is 1.76 bits per heavy atom. The number of thiophene rings is 1. The summed E-state index contributed by atoms with van der Waals surface area (Å²) in [5.41, 5.74) is 2.10. The van der Waals surface area contributed by atoms with Crippen molar-refractivity contribution < 1.29 is 33.4 Å². The van der Waals surface area contributed by atoms with E-state index < -0.39 is 30.4 Å². The second-order valence-electron chi connectivity index (χ2n) is 6.80. The maximum absolute atomic E-state index is 12.6. The fraction of sp³-hybridized carbons (Fsp3) is 0.286. The van der Waals surface area contributed by atoms with Gasteiger partial charge in [0, 0.05) is 23.0 Å². The molecule has 0 aliphatic rings. The minimum atomic E-state index is -0.721. The van der Waals surface area contributed by atoms with Crippen LogP contribution in [0.4, 0.5) is 5.00 Å². The number of ether oxygens (including phenoxy) is 3. The molecular formula is C21H21N3O7S2. The molecule has 10 nitrogen and oxygen atoms in total. The van der Waals surface area contributed by atoms with Gasteiger partial charge in [-0.05, 0) is 32.4 Å². The molecule has 3 heterocycles. The van der Waals surface area contributed by atoms with E-state index in [0.29, 0.717) is 22.0 Å². The Morgan fingerprint density at radius 1 is 1.06 bits per heavy atom.